The SMILES string of the molecule is CCC[C@H](NC(=O)[C@H](C)SC1=C(C#N)C(C)(C)[C@@H](C#N)C(=O)N1)c1ccccc1. The minimum absolute atomic E-state index is 0.0958. The number of nitrogens with zero attached hydrogens (tertiary/aromatic N) is 2. The molecule has 1 aliphatic rings. The average Bonchev–Trinajstić information content (AvgIpc) is 2.68. The molecule has 2 rings (SSSR count). The summed E-state index contributed by atoms with van der Waals surface area (Å²) in [6.45, 7) is 7.22. The van der Waals surface area contributed by atoms with Crippen molar-refractivity contribution in [3.63, 3.8) is 0 Å². The Bertz CT molecular complexity index is 880. The fourth-order valence-electron chi connectivity index (χ4n) is 3.33. The summed E-state index contributed by atoms with van der Waals surface area (Å²) in [6, 6.07) is 13.8. The van der Waals surface area contributed by atoms with Gasteiger partial charge >= 0.3 is 0 Å². The molecular formula is C22H26N4O2S. The molecule has 0 saturated heterocycles. The topological polar surface area (TPSA) is 106 Å². The molecule has 2 N–H and O–H groups in total. The Hall–Kier alpha value is -2.77. The Morgan fingerprint density at radius 2 is 1.97 bits per heavy atom. The van der Waals surface area contributed by atoms with Crippen LogP contribution in [0.1, 0.15) is 52.1 Å². The summed E-state index contributed by atoms with van der Waals surface area (Å²) in [6.07, 6.45) is 1.73. The maximum absolute atomic E-state index is 12.8. The number of nitrogens with one attached hydrogen (secondary N) is 2. The van der Waals surface area contributed by atoms with Crippen molar-refractivity contribution in [3.8, 4) is 12.1 Å². The predicted octanol–water partition coefficient (Wildman–Crippen LogP) is 3.80. The Kier molecular flexibility index (Phi) is 7.47. The summed E-state index contributed by atoms with van der Waals surface area (Å²) in [7, 11) is 0. The zero-order valence-electron chi connectivity index (χ0n) is 17.2. The highest BCUT2D eigenvalue weighted by Gasteiger charge is 2.45. The van der Waals surface area contributed by atoms with Gasteiger partial charge in [0, 0.05) is 5.41 Å². The number of carbonyl (C=O) groups excluding carboxylic acids is 2. The van der Waals surface area contributed by atoms with Gasteiger partial charge in [0.25, 0.3) is 0 Å². The summed E-state index contributed by atoms with van der Waals surface area (Å²) in [4.78, 5) is 25.2. The van der Waals surface area contributed by atoms with Crippen LogP contribution in [0.3, 0.4) is 0 Å². The molecule has 152 valence electrons. The molecular weight excluding hydrogens is 384 g/mol. The third-order valence-corrected chi connectivity index (χ3v) is 6.20. The van der Waals surface area contributed by atoms with Crippen LogP contribution in [0.15, 0.2) is 40.9 Å². The molecule has 7 heteroatoms. The van der Waals surface area contributed by atoms with Crippen LogP contribution in [0.5, 0.6) is 0 Å². The van der Waals surface area contributed by atoms with E-state index in [0.717, 1.165) is 30.2 Å². The first kappa shape index (κ1) is 22.5. The molecule has 0 fully saturated rings. The number of allylic oxidation sites excluding steroid dienone is 1. The number of amides is 2. The Morgan fingerprint density at radius 1 is 1.31 bits per heavy atom. The minimum atomic E-state index is -0.947. The highest BCUT2D eigenvalue weighted by Crippen LogP contribution is 2.42. The van der Waals surface area contributed by atoms with Gasteiger partial charge in [0.2, 0.25) is 11.8 Å². The molecule has 0 aromatic heterocycles. The zero-order valence-corrected chi connectivity index (χ0v) is 18.0. The van der Waals surface area contributed by atoms with Gasteiger partial charge in [-0.1, -0.05) is 69.3 Å². The van der Waals surface area contributed by atoms with Gasteiger partial charge in [0.15, 0.2) is 0 Å². The first-order chi connectivity index (χ1) is 13.8. The van der Waals surface area contributed by atoms with E-state index in [9.17, 15) is 20.1 Å². The van der Waals surface area contributed by atoms with Crippen LogP contribution in [-0.4, -0.2) is 17.1 Å². The minimum Gasteiger partial charge on any atom is -0.348 e. The normalized spacial score (nSPS) is 20.1. The summed E-state index contributed by atoms with van der Waals surface area (Å²) >= 11 is 1.14. The lowest BCUT2D eigenvalue weighted by Crippen LogP contribution is -2.45. The lowest BCUT2D eigenvalue weighted by atomic mass is 9.72. The lowest BCUT2D eigenvalue weighted by molar-refractivity contribution is -0.125. The number of hydrogen-bond donors (Lipinski definition) is 2. The van der Waals surface area contributed by atoms with Gasteiger partial charge in [-0.05, 0) is 18.9 Å². The molecule has 0 saturated carbocycles. The van der Waals surface area contributed by atoms with Crippen LogP contribution in [0.4, 0.5) is 0 Å². The van der Waals surface area contributed by atoms with Crippen LogP contribution in [0.25, 0.3) is 0 Å². The maximum Gasteiger partial charge on any atom is 0.243 e. The number of benzene rings is 1. The monoisotopic (exact) mass is 410 g/mol. The van der Waals surface area contributed by atoms with Crippen LogP contribution in [0, 0.1) is 34.0 Å². The van der Waals surface area contributed by atoms with E-state index in [1.807, 2.05) is 36.4 Å². The lowest BCUT2D eigenvalue weighted by Gasteiger charge is -2.35. The van der Waals surface area contributed by atoms with Gasteiger partial charge in [-0.15, -0.1) is 0 Å². The summed E-state index contributed by atoms with van der Waals surface area (Å²) < 4.78 is 0. The van der Waals surface area contributed by atoms with E-state index in [1.165, 1.54) is 0 Å². The van der Waals surface area contributed by atoms with Crippen molar-refractivity contribution in [2.45, 2.75) is 51.8 Å². The first-order valence-electron chi connectivity index (χ1n) is 9.63. The largest absolute Gasteiger partial charge is 0.348 e. The van der Waals surface area contributed by atoms with Crippen molar-refractivity contribution in [2.75, 3.05) is 0 Å². The quantitative estimate of drug-likeness (QED) is 0.711. The molecule has 1 aliphatic heterocycles. The van der Waals surface area contributed by atoms with Crippen molar-refractivity contribution in [1.29, 1.82) is 10.5 Å². The van der Waals surface area contributed by atoms with Gasteiger partial charge in [0.1, 0.15) is 5.92 Å². The van der Waals surface area contributed by atoms with Gasteiger partial charge < -0.3 is 10.6 Å². The van der Waals surface area contributed by atoms with Crippen molar-refractivity contribution < 1.29 is 9.59 Å². The van der Waals surface area contributed by atoms with Crippen molar-refractivity contribution >= 4 is 23.6 Å². The molecule has 6 nitrogen and oxygen atoms in total. The fourth-order valence-corrected chi connectivity index (χ4v) is 4.44. The molecule has 1 aromatic carbocycles. The van der Waals surface area contributed by atoms with E-state index < -0.39 is 22.5 Å². The van der Waals surface area contributed by atoms with Crippen molar-refractivity contribution in [3.05, 3.63) is 46.5 Å². The Balaban J connectivity index is 2.19. The highest BCUT2D eigenvalue weighted by atomic mass is 32.2. The first-order valence-corrected chi connectivity index (χ1v) is 10.5. The fraction of sp³-hybridized carbons (Fsp3) is 0.455. The second kappa shape index (κ2) is 9.62. The summed E-state index contributed by atoms with van der Waals surface area (Å²) in [5.41, 5.74) is 0.446. The number of rotatable bonds is 7. The highest BCUT2D eigenvalue weighted by molar-refractivity contribution is 8.04. The third-order valence-electron chi connectivity index (χ3n) is 5.09. The van der Waals surface area contributed by atoms with Crippen LogP contribution in [-0.2, 0) is 9.59 Å². The maximum atomic E-state index is 12.8. The number of nitriles is 2. The molecule has 3 atom stereocenters. The van der Waals surface area contributed by atoms with E-state index >= 15 is 0 Å². The summed E-state index contributed by atoms with van der Waals surface area (Å²) in [5, 5.41) is 24.5. The predicted molar refractivity (Wildman–Crippen MR) is 113 cm³/mol. The Labute approximate surface area is 176 Å². The summed E-state index contributed by atoms with van der Waals surface area (Å²) in [5.74, 6) is -1.56. The smallest absolute Gasteiger partial charge is 0.243 e. The molecule has 0 spiro atoms. The number of carbonyl (C=O) groups is 2. The third kappa shape index (κ3) is 4.99. The van der Waals surface area contributed by atoms with E-state index in [-0.39, 0.29) is 11.9 Å². The molecule has 0 aliphatic carbocycles. The molecule has 0 radical (unpaired) electrons. The van der Waals surface area contributed by atoms with Gasteiger partial charge in [0.05, 0.1) is 34.0 Å². The molecule has 0 unspecified atom stereocenters. The van der Waals surface area contributed by atoms with E-state index in [0.29, 0.717) is 10.6 Å². The van der Waals surface area contributed by atoms with Crippen molar-refractivity contribution in [2.24, 2.45) is 11.3 Å². The van der Waals surface area contributed by atoms with Crippen LogP contribution >= 0.6 is 11.8 Å². The molecule has 1 heterocycles. The number of thioether (sulfide) groups is 1. The second-order valence-electron chi connectivity index (χ2n) is 7.61. The average molecular weight is 411 g/mol. The zero-order chi connectivity index (χ0) is 21.6. The Morgan fingerprint density at radius 3 is 2.52 bits per heavy atom. The molecule has 1 aromatic rings. The molecule has 0 bridgehead atoms. The molecule has 29 heavy (non-hydrogen) atoms. The van der Waals surface area contributed by atoms with Crippen molar-refractivity contribution in [1.82, 2.24) is 10.6 Å². The number of hydrogen-bond acceptors (Lipinski definition) is 5. The van der Waals surface area contributed by atoms with Crippen LogP contribution < -0.4 is 10.6 Å². The van der Waals surface area contributed by atoms with Gasteiger partial charge in [-0.3, -0.25) is 9.59 Å². The van der Waals surface area contributed by atoms with E-state index in [1.54, 1.807) is 20.8 Å². The second-order valence-corrected chi connectivity index (χ2v) is 8.96. The standard InChI is InChI=1S/C22H26N4O2S/c1-5-9-18(15-10-7-6-8-11-15)25-19(27)14(2)29-21-17(13-24)22(3,4)16(12-23)20(28)26-21/h6-8,10-11,14,16,18H,5,9H2,1-4H3,(H,25,27)(H,26,28)/t14-,16-,18-/m0/s1. The van der Waals surface area contributed by atoms with Gasteiger partial charge in [-0.25, -0.2) is 0 Å². The van der Waals surface area contributed by atoms with E-state index in [2.05, 4.69) is 23.6 Å². The van der Waals surface area contributed by atoms with Gasteiger partial charge in [-0.2, -0.15) is 10.5 Å². The molecule has 2 amide bonds. The van der Waals surface area contributed by atoms with E-state index in [4.69, 9.17) is 0 Å². The van der Waals surface area contributed by atoms with Crippen LogP contribution in [0.2, 0.25) is 0 Å².